The Balaban J connectivity index is 2.31. The molecular formula is C14H14OS3. The van der Waals surface area contributed by atoms with E-state index in [4.69, 9.17) is 0 Å². The van der Waals surface area contributed by atoms with Gasteiger partial charge in [0.25, 0.3) is 0 Å². The van der Waals surface area contributed by atoms with Crippen LogP contribution in [0.3, 0.4) is 0 Å². The zero-order valence-electron chi connectivity index (χ0n) is 10.5. The number of ketones is 1. The largest absolute Gasteiger partial charge is 0.294 e. The quantitative estimate of drug-likeness (QED) is 0.633. The molecule has 0 atom stereocenters. The summed E-state index contributed by atoms with van der Waals surface area (Å²) >= 11 is 7.65. The number of thiophene rings is 1. The van der Waals surface area contributed by atoms with Crippen LogP contribution in [-0.2, 0) is 0 Å². The van der Waals surface area contributed by atoms with E-state index in [1.54, 1.807) is 30.0 Å². The van der Waals surface area contributed by atoms with Crippen molar-refractivity contribution in [2.45, 2.75) is 34.8 Å². The highest BCUT2D eigenvalue weighted by Gasteiger charge is 2.09. The lowest BCUT2D eigenvalue weighted by atomic mass is 10.1. The molecule has 2 rings (SSSR count). The summed E-state index contributed by atoms with van der Waals surface area (Å²) in [6, 6.07) is 8.04. The van der Waals surface area contributed by atoms with Crippen molar-refractivity contribution in [1.82, 2.24) is 0 Å². The zero-order valence-corrected chi connectivity index (χ0v) is 13.0. The van der Waals surface area contributed by atoms with Gasteiger partial charge in [-0.05, 0) is 56.2 Å². The van der Waals surface area contributed by atoms with Gasteiger partial charge in [-0.3, -0.25) is 4.79 Å². The third kappa shape index (κ3) is 2.99. The fraction of sp³-hybridized carbons (Fsp3) is 0.214. The van der Waals surface area contributed by atoms with Crippen molar-refractivity contribution in [1.29, 1.82) is 0 Å². The summed E-state index contributed by atoms with van der Waals surface area (Å²) in [4.78, 5) is 14.3. The number of aryl methyl sites for hydroxylation is 2. The van der Waals surface area contributed by atoms with Crippen molar-refractivity contribution < 1.29 is 4.79 Å². The van der Waals surface area contributed by atoms with Gasteiger partial charge in [-0.25, -0.2) is 0 Å². The maximum Gasteiger partial charge on any atom is 0.169 e. The second-order valence-electron chi connectivity index (χ2n) is 4.19. The number of Topliss-reactive ketones (excluding diaryl/α,β-unsaturated/α-hetero) is 1. The Bertz CT molecular complexity index is 576. The molecule has 0 aliphatic rings. The van der Waals surface area contributed by atoms with Gasteiger partial charge in [-0.2, -0.15) is 0 Å². The van der Waals surface area contributed by atoms with Gasteiger partial charge in [0.1, 0.15) is 0 Å². The summed E-state index contributed by atoms with van der Waals surface area (Å²) in [6.07, 6.45) is 0. The summed E-state index contributed by atoms with van der Waals surface area (Å²) in [6.45, 7) is 5.79. The first kappa shape index (κ1) is 13.7. The molecule has 0 amide bonds. The van der Waals surface area contributed by atoms with Crippen LogP contribution in [-0.4, -0.2) is 5.78 Å². The van der Waals surface area contributed by atoms with Gasteiger partial charge in [0, 0.05) is 9.79 Å². The minimum Gasteiger partial charge on any atom is -0.294 e. The Hall–Kier alpha value is -0.710. The van der Waals surface area contributed by atoms with E-state index in [9.17, 15) is 4.79 Å². The van der Waals surface area contributed by atoms with Crippen LogP contribution in [0.5, 0.6) is 0 Å². The fourth-order valence-electron chi connectivity index (χ4n) is 1.75. The third-order valence-electron chi connectivity index (χ3n) is 2.58. The Labute approximate surface area is 121 Å². The number of hydrogen-bond donors (Lipinski definition) is 1. The Morgan fingerprint density at radius 1 is 1.22 bits per heavy atom. The van der Waals surface area contributed by atoms with Crippen LogP contribution in [0.25, 0.3) is 0 Å². The van der Waals surface area contributed by atoms with E-state index in [0.29, 0.717) is 0 Å². The monoisotopic (exact) mass is 294 g/mol. The summed E-state index contributed by atoms with van der Waals surface area (Å²) in [5.41, 5.74) is 2.45. The van der Waals surface area contributed by atoms with E-state index in [2.05, 4.69) is 38.6 Å². The molecule has 2 aromatic rings. The predicted octanol–water partition coefficient (Wildman–Crippen LogP) is 5.01. The van der Waals surface area contributed by atoms with Crippen molar-refractivity contribution in [3.8, 4) is 0 Å². The van der Waals surface area contributed by atoms with Crippen molar-refractivity contribution in [3.63, 3.8) is 0 Å². The van der Waals surface area contributed by atoms with Gasteiger partial charge < -0.3 is 0 Å². The molecule has 18 heavy (non-hydrogen) atoms. The standard InChI is InChI=1S/C14H14OS3/c1-8-6-11(16)7-9(2)14(8)18-13-5-4-12(17-13)10(3)15/h4-7,16H,1-3H3. The van der Waals surface area contributed by atoms with Gasteiger partial charge in [-0.15, -0.1) is 24.0 Å². The first-order chi connectivity index (χ1) is 8.47. The van der Waals surface area contributed by atoms with E-state index in [1.807, 2.05) is 12.1 Å². The number of rotatable bonds is 3. The van der Waals surface area contributed by atoms with Crippen LogP contribution in [0.1, 0.15) is 27.7 Å². The van der Waals surface area contributed by atoms with Crippen LogP contribution in [0.2, 0.25) is 0 Å². The Morgan fingerprint density at radius 2 is 1.83 bits per heavy atom. The normalized spacial score (nSPS) is 10.7. The van der Waals surface area contributed by atoms with Crippen LogP contribution < -0.4 is 0 Å². The molecule has 0 saturated heterocycles. The topological polar surface area (TPSA) is 17.1 Å². The maximum absolute atomic E-state index is 11.3. The summed E-state index contributed by atoms with van der Waals surface area (Å²) in [5.74, 6) is 0.131. The van der Waals surface area contributed by atoms with Gasteiger partial charge >= 0.3 is 0 Å². The molecule has 0 N–H and O–H groups in total. The molecule has 1 aromatic carbocycles. The first-order valence-corrected chi connectivity index (χ1v) is 7.64. The second-order valence-corrected chi connectivity index (χ2v) is 7.10. The summed E-state index contributed by atoms with van der Waals surface area (Å²) in [5, 5.41) is 0. The maximum atomic E-state index is 11.3. The van der Waals surface area contributed by atoms with Gasteiger partial charge in [0.05, 0.1) is 9.09 Å². The third-order valence-corrected chi connectivity index (χ3v) is 5.50. The van der Waals surface area contributed by atoms with Crippen LogP contribution in [0.15, 0.2) is 38.3 Å². The summed E-state index contributed by atoms with van der Waals surface area (Å²) in [7, 11) is 0. The lowest BCUT2D eigenvalue weighted by Crippen LogP contribution is -1.85. The number of thiol groups is 1. The number of carbonyl (C=O) groups is 1. The highest BCUT2D eigenvalue weighted by molar-refractivity contribution is 8.01. The lowest BCUT2D eigenvalue weighted by molar-refractivity contribution is 0.102. The SMILES string of the molecule is CC(=O)c1ccc(Sc2c(C)cc(S)cc2C)s1. The zero-order chi connectivity index (χ0) is 13.3. The Kier molecular flexibility index (Phi) is 4.20. The molecule has 0 radical (unpaired) electrons. The fourth-order valence-corrected chi connectivity index (χ4v) is 4.24. The van der Waals surface area contributed by atoms with E-state index in [-0.39, 0.29) is 5.78 Å². The van der Waals surface area contributed by atoms with Crippen molar-refractivity contribution in [2.24, 2.45) is 0 Å². The highest BCUT2D eigenvalue weighted by Crippen LogP contribution is 2.37. The van der Waals surface area contributed by atoms with Crippen LogP contribution >= 0.6 is 35.7 Å². The number of hydrogen-bond acceptors (Lipinski definition) is 4. The minimum atomic E-state index is 0.131. The molecule has 0 aliphatic heterocycles. The lowest BCUT2D eigenvalue weighted by Gasteiger charge is -2.09. The average molecular weight is 294 g/mol. The van der Waals surface area contributed by atoms with Crippen LogP contribution in [0.4, 0.5) is 0 Å². The second kappa shape index (κ2) is 5.51. The molecule has 0 aliphatic carbocycles. The number of carbonyl (C=O) groups excluding carboxylic acids is 1. The molecule has 1 nitrogen and oxygen atoms in total. The molecule has 1 heterocycles. The van der Waals surface area contributed by atoms with Crippen molar-refractivity contribution in [2.75, 3.05) is 0 Å². The van der Waals surface area contributed by atoms with Gasteiger partial charge in [0.15, 0.2) is 5.78 Å². The van der Waals surface area contributed by atoms with Crippen molar-refractivity contribution in [3.05, 3.63) is 40.3 Å². The molecule has 94 valence electrons. The van der Waals surface area contributed by atoms with Gasteiger partial charge in [-0.1, -0.05) is 11.8 Å². The molecule has 4 heteroatoms. The average Bonchev–Trinajstić information content (AvgIpc) is 2.71. The van der Waals surface area contributed by atoms with E-state index < -0.39 is 0 Å². The van der Waals surface area contributed by atoms with E-state index >= 15 is 0 Å². The molecular weight excluding hydrogens is 280 g/mol. The predicted molar refractivity (Wildman–Crippen MR) is 81.6 cm³/mol. The van der Waals surface area contributed by atoms with Gasteiger partial charge in [0.2, 0.25) is 0 Å². The van der Waals surface area contributed by atoms with Crippen LogP contribution in [0, 0.1) is 13.8 Å². The minimum absolute atomic E-state index is 0.131. The molecule has 0 saturated carbocycles. The highest BCUT2D eigenvalue weighted by atomic mass is 32.2. The molecule has 0 fully saturated rings. The molecule has 0 spiro atoms. The molecule has 1 aromatic heterocycles. The van der Waals surface area contributed by atoms with E-state index in [0.717, 1.165) is 14.0 Å². The molecule has 0 unspecified atom stereocenters. The number of benzene rings is 1. The van der Waals surface area contributed by atoms with Crippen molar-refractivity contribution >= 4 is 41.5 Å². The Morgan fingerprint density at radius 3 is 2.33 bits per heavy atom. The molecule has 0 bridgehead atoms. The smallest absolute Gasteiger partial charge is 0.169 e. The first-order valence-electron chi connectivity index (χ1n) is 5.56. The summed E-state index contributed by atoms with van der Waals surface area (Å²) < 4.78 is 1.15. The van der Waals surface area contributed by atoms with E-state index in [1.165, 1.54) is 16.0 Å².